The summed E-state index contributed by atoms with van der Waals surface area (Å²) in [5.41, 5.74) is -0.931. The molecule has 3 heteroatoms. The standard InChI is InChI=1S/C11H21NO2/c1-8(13)10(2,3)7-11(4,5)9(14)12-6/h7H2,1-6H3,(H,12,14). The van der Waals surface area contributed by atoms with E-state index in [-0.39, 0.29) is 11.7 Å². The summed E-state index contributed by atoms with van der Waals surface area (Å²) in [6, 6.07) is 0. The monoisotopic (exact) mass is 199 g/mol. The maximum absolute atomic E-state index is 11.5. The first-order valence-electron chi connectivity index (χ1n) is 4.87. The molecule has 82 valence electrons. The topological polar surface area (TPSA) is 46.2 Å². The Morgan fingerprint density at radius 3 is 1.79 bits per heavy atom. The van der Waals surface area contributed by atoms with Gasteiger partial charge in [0.15, 0.2) is 0 Å². The predicted molar refractivity (Wildman–Crippen MR) is 56.9 cm³/mol. The molecule has 0 atom stereocenters. The first-order chi connectivity index (χ1) is 6.13. The molecule has 0 aliphatic carbocycles. The fourth-order valence-electron chi connectivity index (χ4n) is 1.65. The van der Waals surface area contributed by atoms with Crippen molar-refractivity contribution >= 4 is 11.7 Å². The summed E-state index contributed by atoms with van der Waals surface area (Å²) in [7, 11) is 1.62. The zero-order valence-corrected chi connectivity index (χ0v) is 10.0. The third-order valence-electron chi connectivity index (χ3n) is 2.68. The molecule has 0 fully saturated rings. The number of carbonyl (C=O) groups excluding carboxylic acids is 2. The number of hydrogen-bond acceptors (Lipinski definition) is 2. The maximum atomic E-state index is 11.5. The number of nitrogens with one attached hydrogen (secondary N) is 1. The van der Waals surface area contributed by atoms with Gasteiger partial charge >= 0.3 is 0 Å². The van der Waals surface area contributed by atoms with Gasteiger partial charge < -0.3 is 5.32 Å². The Morgan fingerprint density at radius 1 is 1.07 bits per heavy atom. The number of amides is 1. The van der Waals surface area contributed by atoms with Crippen molar-refractivity contribution in [3.8, 4) is 0 Å². The number of rotatable bonds is 4. The van der Waals surface area contributed by atoms with Crippen LogP contribution in [0.3, 0.4) is 0 Å². The summed E-state index contributed by atoms with van der Waals surface area (Å²) in [6.45, 7) is 9.03. The molecule has 0 aliphatic rings. The Bertz CT molecular complexity index is 242. The minimum absolute atomic E-state index is 0.0215. The van der Waals surface area contributed by atoms with Crippen LogP contribution in [0.5, 0.6) is 0 Å². The Labute approximate surface area is 86.3 Å². The molecular weight excluding hydrogens is 178 g/mol. The van der Waals surface area contributed by atoms with Crippen molar-refractivity contribution in [1.29, 1.82) is 0 Å². The summed E-state index contributed by atoms with van der Waals surface area (Å²) in [4.78, 5) is 22.8. The highest BCUT2D eigenvalue weighted by Gasteiger charge is 2.36. The van der Waals surface area contributed by atoms with E-state index in [1.807, 2.05) is 27.7 Å². The minimum Gasteiger partial charge on any atom is -0.359 e. The molecule has 0 bridgehead atoms. The zero-order chi connectivity index (χ0) is 11.6. The number of Topliss-reactive ketones (excluding diaryl/α,β-unsaturated/α-hetero) is 1. The average Bonchev–Trinajstić information content (AvgIpc) is 2.00. The lowest BCUT2D eigenvalue weighted by Gasteiger charge is -2.31. The lowest BCUT2D eigenvalue weighted by Crippen LogP contribution is -2.39. The maximum Gasteiger partial charge on any atom is 0.225 e. The van der Waals surface area contributed by atoms with Crippen molar-refractivity contribution in [1.82, 2.24) is 5.32 Å². The third kappa shape index (κ3) is 3.13. The van der Waals surface area contributed by atoms with Crippen LogP contribution in [0, 0.1) is 10.8 Å². The third-order valence-corrected chi connectivity index (χ3v) is 2.68. The molecule has 0 heterocycles. The molecule has 0 radical (unpaired) electrons. The van der Waals surface area contributed by atoms with Gasteiger partial charge in [-0.05, 0) is 13.3 Å². The summed E-state index contributed by atoms with van der Waals surface area (Å²) < 4.78 is 0. The van der Waals surface area contributed by atoms with E-state index in [1.54, 1.807) is 14.0 Å². The highest BCUT2D eigenvalue weighted by molar-refractivity contribution is 5.85. The van der Waals surface area contributed by atoms with E-state index in [0.29, 0.717) is 6.42 Å². The number of carbonyl (C=O) groups is 2. The van der Waals surface area contributed by atoms with Crippen LogP contribution in [0.15, 0.2) is 0 Å². The van der Waals surface area contributed by atoms with E-state index >= 15 is 0 Å². The molecule has 14 heavy (non-hydrogen) atoms. The normalized spacial score (nSPS) is 12.4. The van der Waals surface area contributed by atoms with Crippen LogP contribution >= 0.6 is 0 Å². The van der Waals surface area contributed by atoms with Crippen molar-refractivity contribution in [2.45, 2.75) is 41.0 Å². The van der Waals surface area contributed by atoms with Crippen LogP contribution in [0.2, 0.25) is 0 Å². The summed E-state index contributed by atoms with van der Waals surface area (Å²) in [5, 5.41) is 2.62. The van der Waals surface area contributed by atoms with Gasteiger partial charge in [-0.15, -0.1) is 0 Å². The molecule has 0 saturated carbocycles. The lowest BCUT2D eigenvalue weighted by molar-refractivity contribution is -0.133. The minimum atomic E-state index is -0.496. The van der Waals surface area contributed by atoms with Crippen LogP contribution in [-0.2, 0) is 9.59 Å². The largest absolute Gasteiger partial charge is 0.359 e. The molecule has 0 aliphatic heterocycles. The van der Waals surface area contributed by atoms with Gasteiger partial charge in [0.25, 0.3) is 0 Å². The first kappa shape index (κ1) is 13.1. The molecule has 3 nitrogen and oxygen atoms in total. The first-order valence-corrected chi connectivity index (χ1v) is 4.87. The molecule has 1 amide bonds. The van der Waals surface area contributed by atoms with Crippen LogP contribution < -0.4 is 5.32 Å². The van der Waals surface area contributed by atoms with Crippen molar-refractivity contribution in [3.05, 3.63) is 0 Å². The van der Waals surface area contributed by atoms with Gasteiger partial charge in [0.05, 0.1) is 0 Å². The van der Waals surface area contributed by atoms with E-state index < -0.39 is 10.8 Å². The fourth-order valence-corrected chi connectivity index (χ4v) is 1.65. The summed E-state index contributed by atoms with van der Waals surface area (Å²) in [5.74, 6) is 0.0984. The number of ketones is 1. The highest BCUT2D eigenvalue weighted by Crippen LogP contribution is 2.34. The van der Waals surface area contributed by atoms with Gasteiger partial charge in [0, 0.05) is 17.9 Å². The van der Waals surface area contributed by atoms with E-state index in [1.165, 1.54) is 0 Å². The van der Waals surface area contributed by atoms with Gasteiger partial charge in [0.2, 0.25) is 5.91 Å². The molecule has 1 N–H and O–H groups in total. The second-order valence-corrected chi connectivity index (χ2v) is 5.08. The van der Waals surface area contributed by atoms with E-state index in [9.17, 15) is 9.59 Å². The Hall–Kier alpha value is -0.860. The van der Waals surface area contributed by atoms with Gasteiger partial charge in [-0.25, -0.2) is 0 Å². The van der Waals surface area contributed by atoms with Gasteiger partial charge in [-0.2, -0.15) is 0 Å². The Kier molecular flexibility index (Phi) is 3.86. The molecular formula is C11H21NO2. The van der Waals surface area contributed by atoms with Crippen LogP contribution in [-0.4, -0.2) is 18.7 Å². The average molecular weight is 199 g/mol. The second-order valence-electron chi connectivity index (χ2n) is 5.08. The molecule has 0 rings (SSSR count). The van der Waals surface area contributed by atoms with Crippen LogP contribution in [0.1, 0.15) is 41.0 Å². The highest BCUT2D eigenvalue weighted by atomic mass is 16.2. The zero-order valence-electron chi connectivity index (χ0n) is 10.0. The van der Waals surface area contributed by atoms with Gasteiger partial charge in [0.1, 0.15) is 5.78 Å². The van der Waals surface area contributed by atoms with Gasteiger partial charge in [-0.1, -0.05) is 27.7 Å². The second kappa shape index (κ2) is 4.11. The van der Waals surface area contributed by atoms with Crippen molar-refractivity contribution < 1.29 is 9.59 Å². The molecule has 0 aromatic heterocycles. The molecule has 0 unspecified atom stereocenters. The van der Waals surface area contributed by atoms with Crippen LogP contribution in [0.25, 0.3) is 0 Å². The van der Waals surface area contributed by atoms with E-state index in [4.69, 9.17) is 0 Å². The molecule has 0 spiro atoms. The lowest BCUT2D eigenvalue weighted by atomic mass is 9.72. The fraction of sp³-hybridized carbons (Fsp3) is 0.818. The Balaban J connectivity index is 4.66. The quantitative estimate of drug-likeness (QED) is 0.750. The molecule has 0 aromatic rings. The Morgan fingerprint density at radius 2 is 1.50 bits per heavy atom. The van der Waals surface area contributed by atoms with Crippen molar-refractivity contribution in [2.24, 2.45) is 10.8 Å². The van der Waals surface area contributed by atoms with Gasteiger partial charge in [-0.3, -0.25) is 9.59 Å². The predicted octanol–water partition coefficient (Wildman–Crippen LogP) is 1.76. The SMILES string of the molecule is CNC(=O)C(C)(C)CC(C)(C)C(C)=O. The van der Waals surface area contributed by atoms with E-state index in [0.717, 1.165) is 0 Å². The molecule has 0 aromatic carbocycles. The summed E-state index contributed by atoms with van der Waals surface area (Å²) in [6.07, 6.45) is 0.564. The summed E-state index contributed by atoms with van der Waals surface area (Å²) >= 11 is 0. The number of hydrogen-bond donors (Lipinski definition) is 1. The van der Waals surface area contributed by atoms with Crippen molar-refractivity contribution in [2.75, 3.05) is 7.05 Å². The van der Waals surface area contributed by atoms with E-state index in [2.05, 4.69) is 5.32 Å². The van der Waals surface area contributed by atoms with Crippen molar-refractivity contribution in [3.63, 3.8) is 0 Å². The van der Waals surface area contributed by atoms with Crippen LogP contribution in [0.4, 0.5) is 0 Å². The molecule has 0 saturated heterocycles. The smallest absolute Gasteiger partial charge is 0.225 e.